The number of imidazole rings is 2. The second-order valence-corrected chi connectivity index (χ2v) is 13.0. The van der Waals surface area contributed by atoms with Crippen molar-refractivity contribution in [3.05, 3.63) is 25.3 Å². The molecule has 21 heteroatoms. The third-order valence-corrected chi connectivity index (χ3v) is 8.73. The summed E-state index contributed by atoms with van der Waals surface area (Å²) in [6.07, 6.45) is 3.81. The van der Waals surface area contributed by atoms with Gasteiger partial charge in [-0.1, -0.05) is 12.2 Å². The van der Waals surface area contributed by atoms with Gasteiger partial charge in [-0.15, -0.1) is 0 Å². The molecule has 0 spiro atoms. The van der Waals surface area contributed by atoms with Crippen LogP contribution in [0.25, 0.3) is 22.3 Å². The van der Waals surface area contributed by atoms with E-state index in [9.17, 15) is 9.13 Å². The van der Waals surface area contributed by atoms with Gasteiger partial charge in [0.15, 0.2) is 29.2 Å². The molecule has 4 aromatic rings. The lowest BCUT2D eigenvalue weighted by molar-refractivity contribution is -0.0450. The number of nitrogens with zero attached hydrogens (tertiary/aromatic N) is 8. The van der Waals surface area contributed by atoms with E-state index in [2.05, 4.69) is 42.2 Å². The van der Waals surface area contributed by atoms with E-state index in [1.165, 1.54) is 19.0 Å². The lowest BCUT2D eigenvalue weighted by Crippen LogP contribution is -2.22. The lowest BCUT2D eigenvalue weighted by atomic mass is 10.2. The molecule has 4 aromatic heterocycles. The fraction of sp³-hybridized carbons (Fsp3) is 0.500. The van der Waals surface area contributed by atoms with Crippen molar-refractivity contribution < 1.29 is 37.1 Å². The zero-order chi connectivity index (χ0) is 28.7. The molecule has 2 aliphatic heterocycles. The van der Waals surface area contributed by atoms with Gasteiger partial charge in [0.2, 0.25) is 0 Å². The number of anilines is 2. The van der Waals surface area contributed by atoms with Crippen LogP contribution in [0.4, 0.5) is 11.6 Å². The van der Waals surface area contributed by atoms with Gasteiger partial charge in [0.25, 0.3) is 0 Å². The second kappa shape index (κ2) is 11.5. The third kappa shape index (κ3) is 5.95. The van der Waals surface area contributed by atoms with Crippen LogP contribution >= 0.6 is 27.3 Å². The van der Waals surface area contributed by atoms with E-state index in [-0.39, 0.29) is 37.5 Å². The van der Waals surface area contributed by atoms with Gasteiger partial charge in [-0.05, 0) is 12.8 Å². The number of nitrogens with two attached hydrogens (primary N) is 2. The Labute approximate surface area is 237 Å². The Morgan fingerprint density at radius 1 is 0.976 bits per heavy atom. The highest BCUT2D eigenvalue weighted by molar-refractivity contribution is 8.44. The van der Waals surface area contributed by atoms with Crippen molar-refractivity contribution in [3.8, 4) is 0 Å². The van der Waals surface area contributed by atoms with Crippen molar-refractivity contribution in [2.24, 2.45) is 0 Å². The normalized spacial score (nSPS) is 27.0. The molecule has 7 atom stereocenters. The Balaban J connectivity index is 1.12. The molecule has 6 heterocycles. The molecule has 0 saturated carbocycles. The van der Waals surface area contributed by atoms with E-state index < -0.39 is 39.6 Å². The molecular weight excluding hydrogens is 602 g/mol. The van der Waals surface area contributed by atoms with Gasteiger partial charge in [0.1, 0.15) is 36.0 Å². The molecular formula is C20H26N10O8P2S. The fourth-order valence-electron chi connectivity index (χ4n) is 4.86. The standard InChI is InChI=1S/C20H26N10O8P2S/c21-16-14-18(25-6-23-16)29(8-27-14)13-2-1-10(36-13)5-35-40(33,41)38-12-3-11(4-34-39(31)32)37-20(12)30-9-28-15-17(22)24-7-26-19(15)30/h6-13,20,39H,1-5H2,(H,31,32)(H,33,41)(H2,21,23,25)(H2,22,24,26)/t10-,11-,12+,13+,20+,40+/m0/s1. The average molecular weight is 629 g/mol. The van der Waals surface area contributed by atoms with Crippen molar-refractivity contribution in [2.45, 2.75) is 50.0 Å². The van der Waals surface area contributed by atoms with Crippen LogP contribution < -0.4 is 11.5 Å². The lowest BCUT2D eigenvalue weighted by Gasteiger charge is -2.24. The highest BCUT2D eigenvalue weighted by atomic mass is 32.7. The monoisotopic (exact) mass is 628 g/mol. The topological polar surface area (TPSA) is 240 Å². The molecule has 6 rings (SSSR count). The van der Waals surface area contributed by atoms with Crippen molar-refractivity contribution >= 4 is 61.3 Å². The number of hydrogen-bond donors (Lipinski definition) is 4. The molecule has 0 amide bonds. The molecule has 2 aliphatic rings. The number of nitrogen functional groups attached to an aromatic ring is 2. The first-order valence-electron chi connectivity index (χ1n) is 12.4. The summed E-state index contributed by atoms with van der Waals surface area (Å²) >= 11 is 4.19. The molecule has 41 heavy (non-hydrogen) atoms. The maximum absolute atomic E-state index is 13.3. The minimum absolute atomic E-state index is 0.0595. The number of thiol groups is 1. The molecule has 2 fully saturated rings. The summed E-state index contributed by atoms with van der Waals surface area (Å²) in [5.74, 6) is 0.439. The molecule has 0 bridgehead atoms. The summed E-state index contributed by atoms with van der Waals surface area (Å²) < 4.78 is 56.2. The van der Waals surface area contributed by atoms with Gasteiger partial charge in [0, 0.05) is 6.42 Å². The molecule has 1 unspecified atom stereocenters. The molecule has 0 aliphatic carbocycles. The summed E-state index contributed by atoms with van der Waals surface area (Å²) in [6.45, 7) is -4.20. The zero-order valence-corrected chi connectivity index (χ0v) is 24.0. The van der Waals surface area contributed by atoms with E-state index >= 15 is 0 Å². The number of aromatic nitrogens is 8. The van der Waals surface area contributed by atoms with Gasteiger partial charge in [-0.2, -0.15) is 0 Å². The van der Waals surface area contributed by atoms with Gasteiger partial charge in [-0.25, -0.2) is 34.5 Å². The number of hydrogen-bond acceptors (Lipinski definition) is 15. The van der Waals surface area contributed by atoms with Crippen LogP contribution in [0.1, 0.15) is 31.7 Å². The fourth-order valence-corrected chi connectivity index (χ4v) is 6.70. The van der Waals surface area contributed by atoms with Crippen LogP contribution in [0, 0.1) is 0 Å². The van der Waals surface area contributed by atoms with Gasteiger partial charge in [-0.3, -0.25) is 22.7 Å². The summed E-state index contributed by atoms with van der Waals surface area (Å²) in [5.41, 5.74) is 13.5. The molecule has 2 saturated heterocycles. The smallest absolute Gasteiger partial charge is 0.382 e. The van der Waals surface area contributed by atoms with E-state index in [1.807, 2.05) is 0 Å². The first-order chi connectivity index (χ1) is 19.7. The largest absolute Gasteiger partial charge is 0.386 e. The van der Waals surface area contributed by atoms with Crippen LogP contribution in [0.5, 0.6) is 0 Å². The Kier molecular flexibility index (Phi) is 7.97. The third-order valence-electron chi connectivity index (χ3n) is 6.67. The Morgan fingerprint density at radius 3 is 2.32 bits per heavy atom. The van der Waals surface area contributed by atoms with Crippen LogP contribution in [-0.2, 0) is 32.2 Å². The van der Waals surface area contributed by atoms with Crippen molar-refractivity contribution in [3.63, 3.8) is 0 Å². The van der Waals surface area contributed by atoms with Crippen molar-refractivity contribution in [1.82, 2.24) is 39.0 Å². The van der Waals surface area contributed by atoms with Gasteiger partial charge >= 0.3 is 15.1 Å². The first kappa shape index (κ1) is 28.4. The van der Waals surface area contributed by atoms with E-state index in [4.69, 9.17) is 39.4 Å². The predicted octanol–water partition coefficient (Wildman–Crippen LogP) is 1.63. The Bertz CT molecular complexity index is 1640. The molecule has 18 nitrogen and oxygen atoms in total. The molecule has 5 N–H and O–H groups in total. The molecule has 220 valence electrons. The number of fused-ring (bicyclic) bond motifs is 2. The van der Waals surface area contributed by atoms with Crippen LogP contribution in [0.15, 0.2) is 25.3 Å². The van der Waals surface area contributed by atoms with Crippen molar-refractivity contribution in [1.29, 1.82) is 0 Å². The Hall–Kier alpha value is -2.73. The first-order valence-corrected chi connectivity index (χ1v) is 16.3. The summed E-state index contributed by atoms with van der Waals surface area (Å²) in [5, 5.41) is 0. The summed E-state index contributed by atoms with van der Waals surface area (Å²) in [6, 6.07) is 0. The quantitative estimate of drug-likeness (QED) is 0.144. The van der Waals surface area contributed by atoms with Gasteiger partial charge < -0.3 is 30.4 Å². The average Bonchev–Trinajstić information content (AvgIpc) is 3.72. The van der Waals surface area contributed by atoms with Crippen LogP contribution in [-0.4, -0.2) is 75.5 Å². The maximum atomic E-state index is 13.3. The zero-order valence-electron chi connectivity index (χ0n) is 21.2. The predicted molar refractivity (Wildman–Crippen MR) is 146 cm³/mol. The minimum atomic E-state index is -3.95. The number of ether oxygens (including phenoxy) is 2. The Morgan fingerprint density at radius 2 is 1.63 bits per heavy atom. The summed E-state index contributed by atoms with van der Waals surface area (Å²) in [7, 11) is -3.19. The second-order valence-electron chi connectivity index (χ2n) is 9.33. The highest BCUT2D eigenvalue weighted by Gasteiger charge is 2.43. The SMILES string of the molecule is Nc1ncnc2c1ncn2[C@@H]1O[C@H](CO[PH](=O)O)C[C@H]1O[P@](=O)(S)OC[C@@H]1CC[C@H](n2cnc3c(N)ncnc32)O1. The van der Waals surface area contributed by atoms with E-state index in [1.54, 1.807) is 15.5 Å². The van der Waals surface area contributed by atoms with Crippen molar-refractivity contribution in [2.75, 3.05) is 24.7 Å². The molecule has 0 aromatic carbocycles. The summed E-state index contributed by atoms with van der Waals surface area (Å²) in [4.78, 5) is 33.9. The van der Waals surface area contributed by atoms with E-state index in [0.29, 0.717) is 35.2 Å². The molecule has 0 radical (unpaired) electrons. The van der Waals surface area contributed by atoms with Gasteiger partial charge in [0.05, 0.1) is 38.1 Å². The maximum Gasteiger partial charge on any atom is 0.386 e. The van der Waals surface area contributed by atoms with Crippen LogP contribution in [0.2, 0.25) is 0 Å². The number of rotatable bonds is 10. The highest BCUT2D eigenvalue weighted by Crippen LogP contribution is 2.57. The van der Waals surface area contributed by atoms with Crippen LogP contribution in [0.3, 0.4) is 0 Å². The van der Waals surface area contributed by atoms with E-state index in [0.717, 1.165) is 0 Å². The minimum Gasteiger partial charge on any atom is -0.382 e.